The van der Waals surface area contributed by atoms with Crippen molar-refractivity contribution in [3.05, 3.63) is 12.2 Å². The maximum atomic E-state index is 12.8. The highest BCUT2D eigenvalue weighted by molar-refractivity contribution is 7.47. The molecular weight excluding hydrogens is 659 g/mol. The average molecular weight is 746 g/mol. The summed E-state index contributed by atoms with van der Waals surface area (Å²) in [5, 5.41) is 13.8. The summed E-state index contributed by atoms with van der Waals surface area (Å²) >= 11 is 0. The fourth-order valence-corrected chi connectivity index (χ4v) is 7.01. The van der Waals surface area contributed by atoms with Gasteiger partial charge >= 0.3 is 7.82 Å². The van der Waals surface area contributed by atoms with Gasteiger partial charge in [-0.25, -0.2) is 4.57 Å². The summed E-state index contributed by atoms with van der Waals surface area (Å²) in [6.45, 7) is 4.82. The van der Waals surface area contributed by atoms with E-state index in [1.54, 1.807) is 6.08 Å². The molecule has 0 saturated carbocycles. The Balaban J connectivity index is 4.41. The lowest BCUT2D eigenvalue weighted by Gasteiger charge is -2.25. The van der Waals surface area contributed by atoms with Gasteiger partial charge in [-0.05, 0) is 19.3 Å². The number of hydrogen-bond donors (Lipinski definition) is 3. The number of phosphoric ester groups is 1. The molecule has 0 aromatic heterocycles. The number of nitrogens with zero attached hydrogens (tertiary/aromatic N) is 1. The second kappa shape index (κ2) is 35.0. The highest BCUT2D eigenvalue weighted by Crippen LogP contribution is 2.43. The first-order chi connectivity index (χ1) is 24.5. The topological polar surface area (TPSA) is 105 Å². The second-order valence-corrected chi connectivity index (χ2v) is 17.5. The fraction of sp³-hybridized carbons (Fsp3) is 0.929. The number of unbranched alkanes of at least 4 members (excludes halogenated alkanes) is 26. The van der Waals surface area contributed by atoms with Gasteiger partial charge in [0.1, 0.15) is 13.2 Å². The third-order valence-electron chi connectivity index (χ3n) is 9.76. The Morgan fingerprint density at radius 3 is 1.45 bits per heavy atom. The van der Waals surface area contributed by atoms with Crippen LogP contribution >= 0.6 is 7.82 Å². The van der Waals surface area contributed by atoms with E-state index in [4.69, 9.17) is 9.05 Å². The third-order valence-corrected chi connectivity index (χ3v) is 10.7. The molecule has 0 aromatic carbocycles. The number of likely N-dealkylation sites (N-methyl/N-ethyl adjacent to an activating group) is 1. The van der Waals surface area contributed by atoms with Crippen molar-refractivity contribution in [3.63, 3.8) is 0 Å². The Hall–Kier alpha value is -0.760. The van der Waals surface area contributed by atoms with Crippen molar-refractivity contribution >= 4 is 13.7 Å². The summed E-state index contributed by atoms with van der Waals surface area (Å²) in [6, 6.07) is -0.838. The van der Waals surface area contributed by atoms with Crippen LogP contribution in [0.5, 0.6) is 0 Å². The minimum absolute atomic E-state index is 0.0645. The lowest BCUT2D eigenvalue weighted by atomic mass is 10.0. The molecular formula is C42H86N2O6P+. The number of carbonyl (C=O) groups is 1. The lowest BCUT2D eigenvalue weighted by Crippen LogP contribution is -2.45. The number of rotatable bonds is 39. The van der Waals surface area contributed by atoms with Crippen molar-refractivity contribution in [3.8, 4) is 0 Å². The second-order valence-electron chi connectivity index (χ2n) is 16.1. The van der Waals surface area contributed by atoms with E-state index in [0.717, 1.165) is 38.5 Å². The fourth-order valence-electron chi connectivity index (χ4n) is 6.28. The monoisotopic (exact) mass is 746 g/mol. The maximum absolute atomic E-state index is 12.8. The maximum Gasteiger partial charge on any atom is 0.472 e. The lowest BCUT2D eigenvalue weighted by molar-refractivity contribution is -0.870. The van der Waals surface area contributed by atoms with Crippen LogP contribution in [0.2, 0.25) is 0 Å². The van der Waals surface area contributed by atoms with Gasteiger partial charge < -0.3 is 19.8 Å². The molecule has 0 aliphatic rings. The molecule has 0 saturated heterocycles. The molecule has 51 heavy (non-hydrogen) atoms. The van der Waals surface area contributed by atoms with Gasteiger partial charge in [0.15, 0.2) is 0 Å². The van der Waals surface area contributed by atoms with Gasteiger partial charge in [-0.3, -0.25) is 13.8 Å². The number of aliphatic hydroxyl groups is 1. The molecule has 3 atom stereocenters. The Labute approximate surface area is 316 Å². The Morgan fingerprint density at radius 2 is 1.04 bits per heavy atom. The molecule has 9 heteroatoms. The molecule has 0 rings (SSSR count). The molecule has 3 N–H and O–H groups in total. The summed E-state index contributed by atoms with van der Waals surface area (Å²) in [4.78, 5) is 23.1. The molecule has 0 radical (unpaired) electrons. The molecule has 0 bridgehead atoms. The SMILES string of the molecule is CCCCCCCCCCCCC/C=C/[C@@H](O)[C@H](COP(=O)(O)OCC[N+](C)(C)C)NC(=O)CCCCCCCCCCCCCCCCCC. The molecule has 1 unspecified atom stereocenters. The van der Waals surface area contributed by atoms with Crippen molar-refractivity contribution in [2.75, 3.05) is 40.9 Å². The summed E-state index contributed by atoms with van der Waals surface area (Å²) in [6.07, 6.45) is 38.4. The zero-order valence-electron chi connectivity index (χ0n) is 34.4. The van der Waals surface area contributed by atoms with Crippen LogP contribution in [-0.4, -0.2) is 73.4 Å². The normalized spacial score (nSPS) is 14.6. The van der Waals surface area contributed by atoms with Crippen LogP contribution in [0.25, 0.3) is 0 Å². The third kappa shape index (κ3) is 37.4. The minimum Gasteiger partial charge on any atom is -0.387 e. The number of aliphatic hydroxyl groups excluding tert-OH is 1. The van der Waals surface area contributed by atoms with Gasteiger partial charge in [-0.1, -0.05) is 187 Å². The average Bonchev–Trinajstić information content (AvgIpc) is 3.07. The van der Waals surface area contributed by atoms with Gasteiger partial charge in [0, 0.05) is 6.42 Å². The van der Waals surface area contributed by atoms with Gasteiger partial charge in [-0.2, -0.15) is 0 Å². The van der Waals surface area contributed by atoms with Gasteiger partial charge in [0.05, 0.1) is 39.9 Å². The van der Waals surface area contributed by atoms with E-state index in [-0.39, 0.29) is 19.1 Å². The van der Waals surface area contributed by atoms with Gasteiger partial charge in [0.2, 0.25) is 5.91 Å². The van der Waals surface area contributed by atoms with Crippen LogP contribution in [0.3, 0.4) is 0 Å². The van der Waals surface area contributed by atoms with Gasteiger partial charge in [-0.15, -0.1) is 0 Å². The standard InChI is InChI=1S/C42H85N2O6P/c1-6-8-10-12-14-16-18-20-21-22-24-26-28-30-32-34-36-42(46)43-40(39-50-51(47,48)49-38-37-44(3,4)5)41(45)35-33-31-29-27-25-23-19-17-15-13-11-9-7-2/h33,35,40-41,45H,6-32,34,36-39H2,1-5H3,(H-,43,46,47,48)/p+1/b35-33+/t40-,41+/m0/s1. The first-order valence-corrected chi connectivity index (χ1v) is 23.1. The predicted molar refractivity (Wildman–Crippen MR) is 217 cm³/mol. The van der Waals surface area contributed by atoms with Crippen molar-refractivity contribution in [2.24, 2.45) is 0 Å². The number of quaternary nitrogens is 1. The van der Waals surface area contributed by atoms with Crippen molar-refractivity contribution in [1.82, 2.24) is 5.32 Å². The number of amides is 1. The van der Waals surface area contributed by atoms with Crippen molar-refractivity contribution in [2.45, 2.75) is 212 Å². The van der Waals surface area contributed by atoms with Gasteiger partial charge in [0.25, 0.3) is 0 Å². The zero-order valence-corrected chi connectivity index (χ0v) is 35.3. The number of hydrogen-bond acceptors (Lipinski definition) is 5. The minimum atomic E-state index is -4.33. The number of carbonyl (C=O) groups excluding carboxylic acids is 1. The summed E-state index contributed by atoms with van der Waals surface area (Å²) in [7, 11) is 1.58. The first-order valence-electron chi connectivity index (χ1n) is 21.6. The van der Waals surface area contributed by atoms with E-state index >= 15 is 0 Å². The molecule has 0 aliphatic carbocycles. The van der Waals surface area contributed by atoms with E-state index < -0.39 is 20.0 Å². The molecule has 0 spiro atoms. The van der Waals surface area contributed by atoms with Crippen LogP contribution in [0.1, 0.15) is 200 Å². The molecule has 0 fully saturated rings. The smallest absolute Gasteiger partial charge is 0.387 e. The van der Waals surface area contributed by atoms with Crippen LogP contribution in [-0.2, 0) is 18.4 Å². The van der Waals surface area contributed by atoms with E-state index in [9.17, 15) is 19.4 Å². The Kier molecular flexibility index (Phi) is 34.5. The van der Waals surface area contributed by atoms with E-state index in [0.29, 0.717) is 17.4 Å². The van der Waals surface area contributed by atoms with Crippen molar-refractivity contribution in [1.29, 1.82) is 0 Å². The van der Waals surface area contributed by atoms with Crippen molar-refractivity contribution < 1.29 is 32.9 Å². The summed E-state index contributed by atoms with van der Waals surface area (Å²) in [5.74, 6) is -0.175. The summed E-state index contributed by atoms with van der Waals surface area (Å²) in [5.41, 5.74) is 0. The van der Waals surface area contributed by atoms with Crippen LogP contribution in [0.15, 0.2) is 12.2 Å². The molecule has 1 amide bonds. The summed E-state index contributed by atoms with van der Waals surface area (Å²) < 4.78 is 23.5. The Morgan fingerprint density at radius 1 is 0.647 bits per heavy atom. The van der Waals surface area contributed by atoms with Crippen LogP contribution in [0, 0.1) is 0 Å². The Bertz CT molecular complexity index is 850. The molecule has 0 aliphatic heterocycles. The number of nitrogens with one attached hydrogen (secondary N) is 1. The predicted octanol–water partition coefficient (Wildman–Crippen LogP) is 11.6. The van der Waals surface area contributed by atoms with Crippen LogP contribution < -0.4 is 5.32 Å². The molecule has 8 nitrogen and oxygen atoms in total. The highest BCUT2D eigenvalue weighted by atomic mass is 31.2. The highest BCUT2D eigenvalue weighted by Gasteiger charge is 2.27. The number of phosphoric acid groups is 1. The largest absolute Gasteiger partial charge is 0.472 e. The van der Waals surface area contributed by atoms with E-state index in [2.05, 4.69) is 19.2 Å². The van der Waals surface area contributed by atoms with E-state index in [1.807, 2.05) is 27.2 Å². The zero-order chi connectivity index (χ0) is 37.9. The quantitative estimate of drug-likeness (QED) is 0.0250. The molecule has 0 heterocycles. The molecule has 304 valence electrons. The molecule has 0 aromatic rings. The first kappa shape index (κ1) is 50.2. The van der Waals surface area contributed by atoms with E-state index in [1.165, 1.54) is 141 Å². The van der Waals surface area contributed by atoms with Crippen LogP contribution in [0.4, 0.5) is 0 Å². The number of allylic oxidation sites excluding steroid dienone is 1.